The summed E-state index contributed by atoms with van der Waals surface area (Å²) in [6.07, 6.45) is 1.89. The van der Waals surface area contributed by atoms with Crippen LogP contribution in [0, 0.1) is 11.3 Å². The van der Waals surface area contributed by atoms with Gasteiger partial charge in [0.25, 0.3) is 0 Å². The summed E-state index contributed by atoms with van der Waals surface area (Å²) in [4.78, 5) is 13.5. The van der Waals surface area contributed by atoms with Crippen LogP contribution in [0.2, 0.25) is 0 Å². The second-order valence-electron chi connectivity index (χ2n) is 5.34. The van der Waals surface area contributed by atoms with Crippen LogP contribution < -0.4 is 0 Å². The van der Waals surface area contributed by atoms with Gasteiger partial charge in [0.15, 0.2) is 0 Å². The zero-order valence-corrected chi connectivity index (χ0v) is 10.3. The van der Waals surface area contributed by atoms with Crippen molar-refractivity contribution in [3.05, 3.63) is 0 Å². The average Bonchev–Trinajstić information content (AvgIpc) is 2.44. The van der Waals surface area contributed by atoms with E-state index in [1.807, 2.05) is 13.8 Å². The Morgan fingerprint density at radius 1 is 1.53 bits per heavy atom. The molecular formula is C12H23NO2. The number of carboxylic acids is 1. The molecule has 1 aliphatic rings. The topological polar surface area (TPSA) is 40.5 Å². The van der Waals surface area contributed by atoms with Crippen molar-refractivity contribution in [2.75, 3.05) is 13.1 Å². The first-order chi connectivity index (χ1) is 6.89. The minimum absolute atomic E-state index is 0.533. The number of nitrogens with zero attached hydrogens (tertiary/aromatic N) is 1. The molecule has 1 aliphatic heterocycles. The van der Waals surface area contributed by atoms with Crippen LogP contribution in [-0.2, 0) is 4.79 Å². The van der Waals surface area contributed by atoms with Gasteiger partial charge in [-0.2, -0.15) is 0 Å². The smallest absolute Gasteiger partial charge is 0.310 e. The van der Waals surface area contributed by atoms with Gasteiger partial charge in [0.2, 0.25) is 0 Å². The largest absolute Gasteiger partial charge is 0.481 e. The average molecular weight is 213 g/mol. The van der Waals surface area contributed by atoms with Gasteiger partial charge in [-0.25, -0.2) is 0 Å². The SMILES string of the molecule is CCC(C)(CN1CC(C)CC1C)C(=O)O. The monoisotopic (exact) mass is 213 g/mol. The van der Waals surface area contributed by atoms with Crippen molar-refractivity contribution in [1.29, 1.82) is 0 Å². The Morgan fingerprint density at radius 3 is 2.47 bits per heavy atom. The van der Waals surface area contributed by atoms with Crippen LogP contribution in [0.5, 0.6) is 0 Å². The fourth-order valence-electron chi connectivity index (χ4n) is 2.39. The van der Waals surface area contributed by atoms with E-state index in [1.54, 1.807) is 0 Å². The molecule has 15 heavy (non-hydrogen) atoms. The first-order valence-electron chi connectivity index (χ1n) is 5.86. The molecule has 1 fully saturated rings. The Balaban J connectivity index is 2.63. The van der Waals surface area contributed by atoms with E-state index in [1.165, 1.54) is 6.42 Å². The maximum Gasteiger partial charge on any atom is 0.310 e. The van der Waals surface area contributed by atoms with Gasteiger partial charge >= 0.3 is 5.97 Å². The van der Waals surface area contributed by atoms with E-state index in [4.69, 9.17) is 0 Å². The summed E-state index contributed by atoms with van der Waals surface area (Å²) in [7, 11) is 0. The predicted octanol–water partition coefficient (Wildman–Crippen LogP) is 2.22. The number of rotatable bonds is 4. The van der Waals surface area contributed by atoms with Crippen LogP contribution in [0.3, 0.4) is 0 Å². The highest BCUT2D eigenvalue weighted by atomic mass is 16.4. The Hall–Kier alpha value is -0.570. The normalized spacial score (nSPS) is 31.5. The highest BCUT2D eigenvalue weighted by Gasteiger charge is 2.37. The molecule has 3 heteroatoms. The predicted molar refractivity (Wildman–Crippen MR) is 60.8 cm³/mol. The molecular weight excluding hydrogens is 190 g/mol. The molecule has 0 amide bonds. The molecule has 0 aromatic carbocycles. The summed E-state index contributed by atoms with van der Waals surface area (Å²) in [5.74, 6) is 0.0339. The van der Waals surface area contributed by atoms with E-state index in [0.29, 0.717) is 24.9 Å². The molecule has 88 valence electrons. The lowest BCUT2D eigenvalue weighted by Gasteiger charge is -2.31. The lowest BCUT2D eigenvalue weighted by Crippen LogP contribution is -2.42. The molecule has 0 aromatic rings. The minimum atomic E-state index is -0.670. The number of likely N-dealkylation sites (tertiary alicyclic amines) is 1. The summed E-state index contributed by atoms with van der Waals surface area (Å²) in [5, 5.41) is 9.22. The van der Waals surface area contributed by atoms with Gasteiger partial charge < -0.3 is 5.11 Å². The third-order valence-electron chi connectivity index (χ3n) is 3.76. The Morgan fingerprint density at radius 2 is 2.13 bits per heavy atom. The van der Waals surface area contributed by atoms with Gasteiger partial charge in [-0.05, 0) is 32.6 Å². The molecule has 0 aliphatic carbocycles. The van der Waals surface area contributed by atoms with E-state index in [0.717, 1.165) is 6.54 Å². The molecule has 0 aromatic heterocycles. The second-order valence-corrected chi connectivity index (χ2v) is 5.34. The van der Waals surface area contributed by atoms with Crippen molar-refractivity contribution in [3.63, 3.8) is 0 Å². The quantitative estimate of drug-likeness (QED) is 0.778. The molecule has 0 saturated carbocycles. The summed E-state index contributed by atoms with van der Waals surface area (Å²) in [6.45, 7) is 9.97. The Labute approximate surface area is 92.5 Å². The van der Waals surface area contributed by atoms with Crippen molar-refractivity contribution < 1.29 is 9.90 Å². The lowest BCUT2D eigenvalue weighted by atomic mass is 9.87. The maximum absolute atomic E-state index is 11.2. The molecule has 3 nitrogen and oxygen atoms in total. The molecule has 3 atom stereocenters. The van der Waals surface area contributed by atoms with Crippen LogP contribution in [0.25, 0.3) is 0 Å². The summed E-state index contributed by atoms with van der Waals surface area (Å²) < 4.78 is 0. The maximum atomic E-state index is 11.2. The highest BCUT2D eigenvalue weighted by Crippen LogP contribution is 2.29. The van der Waals surface area contributed by atoms with E-state index in [2.05, 4.69) is 18.7 Å². The standard InChI is InChI=1S/C12H23NO2/c1-5-12(4,11(14)15)8-13-7-9(2)6-10(13)3/h9-10H,5-8H2,1-4H3,(H,14,15). The minimum Gasteiger partial charge on any atom is -0.481 e. The zero-order valence-electron chi connectivity index (χ0n) is 10.3. The highest BCUT2D eigenvalue weighted by molar-refractivity contribution is 5.74. The fourth-order valence-corrected chi connectivity index (χ4v) is 2.39. The molecule has 0 radical (unpaired) electrons. The molecule has 0 spiro atoms. The van der Waals surface area contributed by atoms with E-state index in [-0.39, 0.29) is 0 Å². The second kappa shape index (κ2) is 4.52. The van der Waals surface area contributed by atoms with Crippen molar-refractivity contribution in [2.24, 2.45) is 11.3 Å². The number of hydrogen-bond donors (Lipinski definition) is 1. The number of hydrogen-bond acceptors (Lipinski definition) is 2. The van der Waals surface area contributed by atoms with Gasteiger partial charge in [0.1, 0.15) is 0 Å². The van der Waals surface area contributed by atoms with Gasteiger partial charge in [0, 0.05) is 19.1 Å². The first-order valence-corrected chi connectivity index (χ1v) is 5.86. The van der Waals surface area contributed by atoms with Crippen molar-refractivity contribution >= 4 is 5.97 Å². The van der Waals surface area contributed by atoms with Crippen LogP contribution in [0.15, 0.2) is 0 Å². The van der Waals surface area contributed by atoms with Crippen LogP contribution >= 0.6 is 0 Å². The van der Waals surface area contributed by atoms with Gasteiger partial charge in [-0.3, -0.25) is 9.69 Å². The number of aliphatic carboxylic acids is 1. The van der Waals surface area contributed by atoms with Crippen LogP contribution in [0.4, 0.5) is 0 Å². The Bertz CT molecular complexity index is 242. The lowest BCUT2D eigenvalue weighted by molar-refractivity contribution is -0.149. The molecule has 3 unspecified atom stereocenters. The molecule has 0 bridgehead atoms. The summed E-state index contributed by atoms with van der Waals surface area (Å²) >= 11 is 0. The number of carbonyl (C=O) groups is 1. The molecule has 1 heterocycles. The van der Waals surface area contributed by atoms with Crippen molar-refractivity contribution in [3.8, 4) is 0 Å². The van der Waals surface area contributed by atoms with Crippen LogP contribution in [-0.4, -0.2) is 35.1 Å². The van der Waals surface area contributed by atoms with E-state index >= 15 is 0 Å². The molecule has 1 N–H and O–H groups in total. The fraction of sp³-hybridized carbons (Fsp3) is 0.917. The van der Waals surface area contributed by atoms with Gasteiger partial charge in [0.05, 0.1) is 5.41 Å². The van der Waals surface area contributed by atoms with Gasteiger partial charge in [-0.15, -0.1) is 0 Å². The third-order valence-corrected chi connectivity index (χ3v) is 3.76. The summed E-state index contributed by atoms with van der Waals surface area (Å²) in [5.41, 5.74) is -0.585. The Kier molecular flexibility index (Phi) is 3.77. The molecule has 1 saturated heterocycles. The van der Waals surface area contributed by atoms with Crippen molar-refractivity contribution in [2.45, 2.75) is 46.6 Å². The van der Waals surface area contributed by atoms with Crippen molar-refractivity contribution in [1.82, 2.24) is 4.90 Å². The zero-order chi connectivity index (χ0) is 11.6. The molecule has 1 rings (SSSR count). The third kappa shape index (κ3) is 2.71. The first kappa shape index (κ1) is 12.5. The summed E-state index contributed by atoms with van der Waals surface area (Å²) in [6, 6.07) is 0.533. The number of carboxylic acid groups (broad SMARTS) is 1. The van der Waals surface area contributed by atoms with E-state index in [9.17, 15) is 9.90 Å². The van der Waals surface area contributed by atoms with Crippen LogP contribution in [0.1, 0.15) is 40.5 Å². The van der Waals surface area contributed by atoms with E-state index < -0.39 is 11.4 Å². The van der Waals surface area contributed by atoms with Gasteiger partial charge in [-0.1, -0.05) is 13.8 Å².